The standard InChI is InChI=1S/C25H38N4/c1-8-12-23(16-20(7)9-2)28-25(27-17-21(10-3)15-19(5)6)22-13-14-24(26)29(11-4)18-22/h10-11,13-14,17-19,23,26H,4,7-9,12,15-16H2,1-3,5-6H3/b21-10+,26-24?,27-17?,28-25?. The predicted molar refractivity (Wildman–Crippen MR) is 128 cm³/mol. The van der Waals surface area contributed by atoms with Crippen molar-refractivity contribution < 1.29 is 0 Å². The Morgan fingerprint density at radius 2 is 1.97 bits per heavy atom. The van der Waals surface area contributed by atoms with E-state index in [1.807, 2.05) is 25.4 Å². The van der Waals surface area contributed by atoms with Crippen LogP contribution in [0.3, 0.4) is 0 Å². The molecule has 0 aliphatic carbocycles. The van der Waals surface area contributed by atoms with Gasteiger partial charge in [0.1, 0.15) is 5.49 Å². The van der Waals surface area contributed by atoms with E-state index in [1.165, 1.54) is 11.1 Å². The van der Waals surface area contributed by atoms with E-state index in [1.54, 1.807) is 16.8 Å². The van der Waals surface area contributed by atoms with Gasteiger partial charge in [0, 0.05) is 24.2 Å². The van der Waals surface area contributed by atoms with Crippen LogP contribution in [-0.2, 0) is 0 Å². The molecular formula is C25H38N4. The fourth-order valence-electron chi connectivity index (χ4n) is 3.04. The van der Waals surface area contributed by atoms with Gasteiger partial charge in [-0.15, -0.1) is 0 Å². The van der Waals surface area contributed by atoms with Crippen LogP contribution in [0.2, 0.25) is 0 Å². The van der Waals surface area contributed by atoms with Crippen LogP contribution in [0.25, 0.3) is 6.20 Å². The van der Waals surface area contributed by atoms with Crippen molar-refractivity contribution in [3.05, 3.63) is 59.8 Å². The minimum Gasteiger partial charge on any atom is -0.309 e. The van der Waals surface area contributed by atoms with Crippen molar-refractivity contribution in [3.63, 3.8) is 0 Å². The normalized spacial score (nSPS) is 13.9. The summed E-state index contributed by atoms with van der Waals surface area (Å²) in [6.07, 6.45) is 12.4. The molecular weight excluding hydrogens is 356 g/mol. The monoisotopic (exact) mass is 394 g/mol. The van der Waals surface area contributed by atoms with Crippen molar-refractivity contribution >= 4 is 18.3 Å². The van der Waals surface area contributed by atoms with Crippen molar-refractivity contribution in [1.29, 1.82) is 5.41 Å². The van der Waals surface area contributed by atoms with Crippen LogP contribution in [0, 0.1) is 11.3 Å². The lowest BCUT2D eigenvalue weighted by atomic mass is 10.0. The zero-order chi connectivity index (χ0) is 21.8. The molecule has 158 valence electrons. The zero-order valence-electron chi connectivity index (χ0n) is 18.9. The number of nitrogens with zero attached hydrogens (tertiary/aromatic N) is 3. The lowest BCUT2D eigenvalue weighted by molar-refractivity contribution is 0.594. The van der Waals surface area contributed by atoms with E-state index >= 15 is 0 Å². The molecule has 1 aromatic rings. The van der Waals surface area contributed by atoms with Gasteiger partial charge in [0.15, 0.2) is 5.84 Å². The summed E-state index contributed by atoms with van der Waals surface area (Å²) in [4.78, 5) is 9.83. The molecule has 1 atom stereocenters. The number of nitrogens with one attached hydrogen (secondary N) is 1. The molecule has 0 saturated carbocycles. The Kier molecular flexibility index (Phi) is 10.9. The first-order chi connectivity index (χ1) is 13.8. The molecule has 0 saturated heterocycles. The minimum atomic E-state index is 0.159. The summed E-state index contributed by atoms with van der Waals surface area (Å²) in [5.41, 5.74) is 3.68. The molecule has 1 heterocycles. The molecule has 0 spiro atoms. The molecule has 4 nitrogen and oxygen atoms in total. The second-order valence-corrected chi connectivity index (χ2v) is 7.82. The Morgan fingerprint density at radius 1 is 1.24 bits per heavy atom. The van der Waals surface area contributed by atoms with E-state index in [0.717, 1.165) is 37.7 Å². The van der Waals surface area contributed by atoms with Gasteiger partial charge in [-0.05, 0) is 56.2 Å². The number of amidine groups is 1. The van der Waals surface area contributed by atoms with Gasteiger partial charge in [0.2, 0.25) is 0 Å². The second kappa shape index (κ2) is 12.9. The SMILES string of the molecule is C=Cn1cc(C(N=C/C(=C/C)CC(C)C)=NC(CCC)CC(=C)CC)ccc1=N. The van der Waals surface area contributed by atoms with Crippen molar-refractivity contribution in [1.82, 2.24) is 4.57 Å². The summed E-state index contributed by atoms with van der Waals surface area (Å²) < 4.78 is 1.69. The van der Waals surface area contributed by atoms with E-state index in [4.69, 9.17) is 15.4 Å². The molecule has 0 aliphatic heterocycles. The average Bonchev–Trinajstić information content (AvgIpc) is 2.70. The highest BCUT2D eigenvalue weighted by Crippen LogP contribution is 2.17. The molecule has 1 N–H and O–H groups in total. The maximum absolute atomic E-state index is 8.00. The van der Waals surface area contributed by atoms with Crippen molar-refractivity contribution in [3.8, 4) is 0 Å². The van der Waals surface area contributed by atoms with Crippen molar-refractivity contribution in [2.45, 2.75) is 72.8 Å². The quantitative estimate of drug-likeness (QED) is 0.256. The fourth-order valence-corrected chi connectivity index (χ4v) is 3.04. The van der Waals surface area contributed by atoms with E-state index in [2.05, 4.69) is 46.9 Å². The number of hydrogen-bond acceptors (Lipinski definition) is 2. The number of rotatable bonds is 11. The highest BCUT2D eigenvalue weighted by molar-refractivity contribution is 6.05. The Morgan fingerprint density at radius 3 is 2.52 bits per heavy atom. The third-order valence-electron chi connectivity index (χ3n) is 4.75. The van der Waals surface area contributed by atoms with Gasteiger partial charge < -0.3 is 4.57 Å². The Labute approximate surface area is 177 Å². The van der Waals surface area contributed by atoms with Gasteiger partial charge in [0.25, 0.3) is 0 Å². The minimum absolute atomic E-state index is 0.159. The third kappa shape index (κ3) is 8.59. The van der Waals surface area contributed by atoms with Gasteiger partial charge in [0.05, 0.1) is 6.04 Å². The molecule has 1 unspecified atom stereocenters. The van der Waals surface area contributed by atoms with Crippen LogP contribution in [0.15, 0.2) is 58.7 Å². The van der Waals surface area contributed by atoms with Crippen molar-refractivity contribution in [2.75, 3.05) is 0 Å². The number of hydrogen-bond donors (Lipinski definition) is 1. The van der Waals surface area contributed by atoms with E-state index < -0.39 is 0 Å². The molecule has 29 heavy (non-hydrogen) atoms. The van der Waals surface area contributed by atoms with Crippen LogP contribution in [-0.4, -0.2) is 22.7 Å². The number of allylic oxidation sites excluding steroid dienone is 2. The first-order valence-electron chi connectivity index (χ1n) is 10.7. The van der Waals surface area contributed by atoms with E-state index in [0.29, 0.717) is 17.2 Å². The molecule has 0 amide bonds. The van der Waals surface area contributed by atoms with Gasteiger partial charge >= 0.3 is 0 Å². The maximum Gasteiger partial charge on any atom is 0.156 e. The molecule has 4 heteroatoms. The first-order valence-corrected chi connectivity index (χ1v) is 10.7. The smallest absolute Gasteiger partial charge is 0.156 e. The van der Waals surface area contributed by atoms with E-state index in [9.17, 15) is 0 Å². The topological polar surface area (TPSA) is 53.5 Å². The zero-order valence-corrected chi connectivity index (χ0v) is 18.9. The lowest BCUT2D eigenvalue weighted by Crippen LogP contribution is -2.17. The summed E-state index contributed by atoms with van der Waals surface area (Å²) in [7, 11) is 0. The van der Waals surface area contributed by atoms with Gasteiger partial charge in [-0.25, -0.2) is 4.99 Å². The first kappa shape index (κ1) is 24.5. The summed E-state index contributed by atoms with van der Waals surface area (Å²) >= 11 is 0. The molecule has 0 aromatic carbocycles. The maximum atomic E-state index is 8.00. The van der Waals surface area contributed by atoms with Gasteiger partial charge in [-0.1, -0.05) is 58.9 Å². The van der Waals surface area contributed by atoms with Crippen molar-refractivity contribution in [2.24, 2.45) is 15.9 Å². The molecule has 1 rings (SSSR count). The number of aliphatic imine (C=N–C) groups is 2. The van der Waals surface area contributed by atoms with Crippen LogP contribution in [0.4, 0.5) is 0 Å². The van der Waals surface area contributed by atoms with Crippen LogP contribution >= 0.6 is 0 Å². The molecule has 0 fully saturated rings. The predicted octanol–water partition coefficient (Wildman–Crippen LogP) is 6.40. The van der Waals surface area contributed by atoms with Gasteiger partial charge in [-0.2, -0.15) is 0 Å². The second-order valence-electron chi connectivity index (χ2n) is 7.82. The van der Waals surface area contributed by atoms with Crippen LogP contribution in [0.5, 0.6) is 0 Å². The summed E-state index contributed by atoms with van der Waals surface area (Å²) in [5.74, 6) is 1.27. The van der Waals surface area contributed by atoms with Crippen LogP contribution < -0.4 is 5.49 Å². The molecule has 0 bridgehead atoms. The highest BCUT2D eigenvalue weighted by Gasteiger charge is 2.11. The Balaban J connectivity index is 3.41. The Hall–Kier alpha value is -2.49. The summed E-state index contributed by atoms with van der Waals surface area (Å²) in [5, 5.41) is 8.00. The number of aromatic nitrogens is 1. The Bertz CT molecular complexity index is 821. The molecule has 0 radical (unpaired) electrons. The molecule has 1 aromatic heterocycles. The summed E-state index contributed by atoms with van der Waals surface area (Å²) in [6, 6.07) is 3.83. The third-order valence-corrected chi connectivity index (χ3v) is 4.75. The van der Waals surface area contributed by atoms with Crippen LogP contribution in [0.1, 0.15) is 72.3 Å². The lowest BCUT2D eigenvalue weighted by Gasteiger charge is -2.15. The average molecular weight is 395 g/mol. The fraction of sp³-hybridized carbons (Fsp3) is 0.480. The highest BCUT2D eigenvalue weighted by atomic mass is 15.0. The van der Waals surface area contributed by atoms with E-state index in [-0.39, 0.29) is 6.04 Å². The largest absolute Gasteiger partial charge is 0.309 e. The molecule has 0 aliphatic rings. The number of pyridine rings is 1. The van der Waals surface area contributed by atoms with Gasteiger partial charge in [-0.3, -0.25) is 10.4 Å². The summed E-state index contributed by atoms with van der Waals surface area (Å²) in [6.45, 7) is 18.8.